The van der Waals surface area contributed by atoms with Gasteiger partial charge in [-0.05, 0) is 78.4 Å². The fourth-order valence-electron chi connectivity index (χ4n) is 6.83. The number of carbonyl (C=O) groups excluding carboxylic acids is 1. The molecule has 2 aliphatic heterocycles. The third-order valence-electron chi connectivity index (χ3n) is 9.22. The van der Waals surface area contributed by atoms with E-state index in [1.165, 1.54) is 30.3 Å². The number of aliphatic carboxylic acids is 1. The minimum absolute atomic E-state index is 0.000228. The number of halogens is 8. The summed E-state index contributed by atoms with van der Waals surface area (Å²) in [4.78, 5) is 41.5. The number of aryl methyl sites for hydroxylation is 2. The molecule has 4 bridgehead atoms. The number of alkyl halides is 7. The van der Waals surface area contributed by atoms with E-state index in [4.69, 9.17) is 4.74 Å². The van der Waals surface area contributed by atoms with Gasteiger partial charge in [-0.15, -0.1) is 0 Å². The molecule has 16 heteroatoms. The highest BCUT2D eigenvalue weighted by Crippen LogP contribution is 2.44. The van der Waals surface area contributed by atoms with Crippen LogP contribution in [0.3, 0.4) is 0 Å². The largest absolute Gasteiger partial charge is 0.481 e. The number of nitrogens with zero attached hydrogens (tertiary/aromatic N) is 2. The van der Waals surface area contributed by atoms with Crippen LogP contribution in [0.25, 0.3) is 11.1 Å². The lowest BCUT2D eigenvalue weighted by Gasteiger charge is -2.34. The third-order valence-corrected chi connectivity index (χ3v) is 9.22. The van der Waals surface area contributed by atoms with Gasteiger partial charge in [0.15, 0.2) is 0 Å². The van der Waals surface area contributed by atoms with Gasteiger partial charge in [0.2, 0.25) is 5.91 Å². The SMILES string of the molecule is Cc1cc(C)c2c(c1)Oc1cccc(c1)[C@H](n1cc(CCN3CC(F)C3)c(C(F)(F)F)cc1=O)C(=O)N[C@@H](CC(=O)O)c1cc-2cc(C(F)(F)F)c1F. The molecule has 53 heavy (non-hydrogen) atoms. The summed E-state index contributed by atoms with van der Waals surface area (Å²) < 4.78 is 122. The molecule has 0 saturated carbocycles. The van der Waals surface area contributed by atoms with Crippen LogP contribution in [0, 0.1) is 19.7 Å². The summed E-state index contributed by atoms with van der Waals surface area (Å²) in [5.74, 6) is -4.70. The highest BCUT2D eigenvalue weighted by atomic mass is 19.4. The highest BCUT2D eigenvalue weighted by Gasteiger charge is 2.40. The summed E-state index contributed by atoms with van der Waals surface area (Å²) in [6.07, 6.45) is -12.0. The number of carboxylic acids is 1. The van der Waals surface area contributed by atoms with E-state index < -0.39 is 82.5 Å². The van der Waals surface area contributed by atoms with Crippen LogP contribution in [0.2, 0.25) is 0 Å². The van der Waals surface area contributed by atoms with Gasteiger partial charge in [0.05, 0.1) is 23.6 Å². The van der Waals surface area contributed by atoms with Crippen LogP contribution in [-0.4, -0.2) is 52.3 Å². The second kappa shape index (κ2) is 14.0. The summed E-state index contributed by atoms with van der Waals surface area (Å²) in [6, 6.07) is 6.66. The maximum atomic E-state index is 16.0. The van der Waals surface area contributed by atoms with Gasteiger partial charge in [-0.3, -0.25) is 23.9 Å². The summed E-state index contributed by atoms with van der Waals surface area (Å²) in [6.45, 7) is 3.26. The van der Waals surface area contributed by atoms with Crippen molar-refractivity contribution < 1.29 is 54.6 Å². The number of nitrogens with one attached hydrogen (secondary N) is 1. The van der Waals surface area contributed by atoms with Crippen LogP contribution in [0.4, 0.5) is 35.1 Å². The lowest BCUT2D eigenvalue weighted by atomic mass is 9.91. The molecule has 8 nitrogen and oxygen atoms in total. The molecule has 1 saturated heterocycles. The maximum absolute atomic E-state index is 16.0. The van der Waals surface area contributed by atoms with Crippen molar-refractivity contribution in [2.24, 2.45) is 0 Å². The van der Waals surface area contributed by atoms with E-state index in [2.05, 4.69) is 5.32 Å². The Kier molecular flexibility index (Phi) is 9.87. The number of carbonyl (C=O) groups is 2. The fourth-order valence-corrected chi connectivity index (χ4v) is 6.83. The Hall–Kier alpha value is -5.25. The standard InChI is InChI=1S/C37H31F8N3O5/c1-18-8-19(2)32-22-11-25(33(39)27(12-22)37(43,44)45)28(14-31(50)51)46-35(52)34(20-4-3-5-24(10-20)53-29(32)9-18)48-15-21(6-7-47-16-23(38)17-47)26(13-30(48)49)36(40,41)42/h3-5,8-13,15,23,28,34H,6-7,14,16-17H2,1-2H3,(H,46,52)(H,50,51)/t28-,34-/m0/s1. The second-order valence-electron chi connectivity index (χ2n) is 13.2. The van der Waals surface area contributed by atoms with E-state index >= 15 is 4.39 Å². The lowest BCUT2D eigenvalue weighted by Crippen LogP contribution is -2.49. The van der Waals surface area contributed by atoms with Gasteiger partial charge in [0.1, 0.15) is 29.5 Å². The number of carboxylic acid groups (broad SMARTS) is 1. The number of pyridine rings is 1. The Morgan fingerprint density at radius 2 is 1.66 bits per heavy atom. The molecule has 1 fully saturated rings. The molecule has 2 atom stereocenters. The van der Waals surface area contributed by atoms with Gasteiger partial charge in [-0.25, -0.2) is 8.78 Å². The van der Waals surface area contributed by atoms with Gasteiger partial charge < -0.3 is 15.2 Å². The smallest absolute Gasteiger partial charge is 0.419 e. The zero-order valence-electron chi connectivity index (χ0n) is 28.0. The molecule has 3 heterocycles. The number of benzene rings is 3. The predicted octanol–water partition coefficient (Wildman–Crippen LogP) is 7.53. The minimum atomic E-state index is -5.28. The number of aromatic nitrogens is 1. The molecule has 1 aromatic heterocycles. The van der Waals surface area contributed by atoms with Crippen molar-refractivity contribution in [3.8, 4) is 22.6 Å². The normalized spacial score (nSPS) is 18.1. The topological polar surface area (TPSA) is 101 Å². The number of hydrogen-bond donors (Lipinski definition) is 2. The van der Waals surface area contributed by atoms with Gasteiger partial charge >= 0.3 is 18.3 Å². The Morgan fingerprint density at radius 3 is 2.30 bits per heavy atom. The van der Waals surface area contributed by atoms with Crippen LogP contribution in [0.5, 0.6) is 11.5 Å². The van der Waals surface area contributed by atoms with Gasteiger partial charge in [-0.2, -0.15) is 26.3 Å². The zero-order chi connectivity index (χ0) is 38.6. The number of ether oxygens (including phenoxy) is 1. The lowest BCUT2D eigenvalue weighted by molar-refractivity contribution is -0.140. The molecule has 1 amide bonds. The average molecular weight is 750 g/mol. The molecule has 0 unspecified atom stereocenters. The Balaban J connectivity index is 1.60. The van der Waals surface area contributed by atoms with Gasteiger partial charge in [0, 0.05) is 43.0 Å². The van der Waals surface area contributed by atoms with E-state index in [-0.39, 0.29) is 54.2 Å². The maximum Gasteiger partial charge on any atom is 0.419 e. The van der Waals surface area contributed by atoms with Gasteiger partial charge in [0.25, 0.3) is 5.56 Å². The van der Waals surface area contributed by atoms with E-state index in [1.807, 2.05) is 0 Å². The molecule has 2 aliphatic rings. The molecule has 0 spiro atoms. The third kappa shape index (κ3) is 7.77. The summed E-state index contributed by atoms with van der Waals surface area (Å²) in [7, 11) is 0. The van der Waals surface area contributed by atoms with Crippen molar-refractivity contribution in [3.63, 3.8) is 0 Å². The quantitative estimate of drug-likeness (QED) is 0.198. The molecule has 2 N–H and O–H groups in total. The van der Waals surface area contributed by atoms with E-state index in [0.29, 0.717) is 27.8 Å². The molecule has 6 rings (SSSR count). The molecule has 0 aliphatic carbocycles. The summed E-state index contributed by atoms with van der Waals surface area (Å²) in [5, 5.41) is 12.1. The first-order valence-corrected chi connectivity index (χ1v) is 16.3. The number of fused-ring (bicyclic) bond motifs is 6. The molecular formula is C37H31F8N3O5. The van der Waals surface area contributed by atoms with Crippen molar-refractivity contribution in [3.05, 3.63) is 116 Å². The van der Waals surface area contributed by atoms with Crippen molar-refractivity contribution >= 4 is 11.9 Å². The molecule has 3 aromatic carbocycles. The fraction of sp³-hybridized carbons (Fsp3) is 0.324. The number of hydrogen-bond acceptors (Lipinski definition) is 5. The van der Waals surface area contributed by atoms with Crippen LogP contribution in [0.1, 0.15) is 57.4 Å². The number of rotatable bonds is 6. The van der Waals surface area contributed by atoms with Crippen molar-refractivity contribution in [1.82, 2.24) is 14.8 Å². The van der Waals surface area contributed by atoms with Crippen LogP contribution in [-0.2, 0) is 28.4 Å². The average Bonchev–Trinajstić information content (AvgIpc) is 3.02. The number of likely N-dealkylation sites (tertiary alicyclic amines) is 1. The Labute approximate surface area is 296 Å². The van der Waals surface area contributed by atoms with E-state index in [9.17, 15) is 50.2 Å². The first-order valence-electron chi connectivity index (χ1n) is 16.3. The second-order valence-corrected chi connectivity index (χ2v) is 13.2. The first kappa shape index (κ1) is 37.5. The van der Waals surface area contributed by atoms with Gasteiger partial charge in [-0.1, -0.05) is 18.2 Å². The molecule has 280 valence electrons. The molecule has 0 radical (unpaired) electrons. The van der Waals surface area contributed by atoms with E-state index in [1.54, 1.807) is 24.8 Å². The Bertz CT molecular complexity index is 2160. The van der Waals surface area contributed by atoms with Crippen molar-refractivity contribution in [2.45, 2.75) is 57.3 Å². The van der Waals surface area contributed by atoms with Crippen LogP contribution < -0.4 is 15.6 Å². The van der Waals surface area contributed by atoms with Crippen LogP contribution >= 0.6 is 0 Å². The van der Waals surface area contributed by atoms with Crippen molar-refractivity contribution in [1.29, 1.82) is 0 Å². The van der Waals surface area contributed by atoms with E-state index in [0.717, 1.165) is 12.3 Å². The zero-order valence-corrected chi connectivity index (χ0v) is 28.0. The molecule has 4 aromatic rings. The van der Waals surface area contributed by atoms with Crippen molar-refractivity contribution in [2.75, 3.05) is 19.6 Å². The molecular weight excluding hydrogens is 718 g/mol. The van der Waals surface area contributed by atoms with Crippen LogP contribution in [0.15, 0.2) is 65.6 Å². The minimum Gasteiger partial charge on any atom is -0.481 e. The summed E-state index contributed by atoms with van der Waals surface area (Å²) >= 11 is 0. The first-order chi connectivity index (χ1) is 24.8. The predicted molar refractivity (Wildman–Crippen MR) is 175 cm³/mol. The highest BCUT2D eigenvalue weighted by molar-refractivity contribution is 5.85. The monoisotopic (exact) mass is 749 g/mol. The Morgan fingerprint density at radius 1 is 0.962 bits per heavy atom. The summed E-state index contributed by atoms with van der Waals surface area (Å²) in [5.41, 5.74) is -4.71. The number of amides is 1.